The second-order valence-electron chi connectivity index (χ2n) is 5.79. The molecule has 0 unspecified atom stereocenters. The van der Waals surface area contributed by atoms with E-state index in [-0.39, 0.29) is 0 Å². The minimum absolute atomic E-state index is 0.660. The second-order valence-corrected chi connectivity index (χ2v) is 5.79. The maximum Gasteiger partial charge on any atom is 0.297 e. The number of likely N-dealkylation sites (N-methyl/N-ethyl adjacent to an activating group) is 1. The first-order valence-corrected chi connectivity index (χ1v) is 7.24. The number of aromatic nitrogens is 1. The van der Waals surface area contributed by atoms with Crippen molar-refractivity contribution in [3.8, 4) is 0 Å². The zero-order chi connectivity index (χ0) is 13.7. The number of rotatable bonds is 5. The highest BCUT2D eigenvalue weighted by atomic mass is 16.4. The van der Waals surface area contributed by atoms with Gasteiger partial charge in [0.2, 0.25) is 0 Å². The lowest BCUT2D eigenvalue weighted by Crippen LogP contribution is -2.29. The molecule has 1 aromatic rings. The summed E-state index contributed by atoms with van der Waals surface area (Å²) in [4.78, 5) is 9.18. The van der Waals surface area contributed by atoms with Crippen LogP contribution >= 0.6 is 0 Å². The molecule has 19 heavy (non-hydrogen) atoms. The minimum Gasteiger partial charge on any atom is -0.432 e. The highest BCUT2D eigenvalue weighted by molar-refractivity contribution is 5.27. The topological polar surface area (TPSA) is 44.5 Å². The van der Waals surface area contributed by atoms with Gasteiger partial charge in [-0.15, -0.1) is 0 Å². The molecule has 0 bridgehead atoms. The Hall–Kier alpha value is -1.07. The van der Waals surface area contributed by atoms with Gasteiger partial charge in [-0.2, -0.15) is 4.98 Å². The molecule has 1 aliphatic rings. The monoisotopic (exact) mass is 266 g/mol. The first kappa shape index (κ1) is 14.3. The standard InChI is InChI=1S/C14H26N4O/c1-12(2)9-15-10-13-11-19-14(16-13)18-6-4-5-17(3)7-8-18/h11-12,15H,4-10H2,1-3H3. The first-order valence-electron chi connectivity index (χ1n) is 7.24. The van der Waals surface area contributed by atoms with Gasteiger partial charge >= 0.3 is 0 Å². The Labute approximate surface area is 116 Å². The third-order valence-corrected chi connectivity index (χ3v) is 3.39. The van der Waals surface area contributed by atoms with Crippen LogP contribution in [0.15, 0.2) is 10.7 Å². The number of anilines is 1. The number of hydrogen-bond donors (Lipinski definition) is 1. The predicted octanol–water partition coefficient (Wildman–Crippen LogP) is 1.56. The summed E-state index contributed by atoms with van der Waals surface area (Å²) in [5.41, 5.74) is 0.994. The Bertz CT molecular complexity index is 377. The molecular formula is C14H26N4O. The Morgan fingerprint density at radius 1 is 1.32 bits per heavy atom. The van der Waals surface area contributed by atoms with E-state index >= 15 is 0 Å². The molecule has 1 fully saturated rings. The molecule has 2 heterocycles. The molecule has 0 radical (unpaired) electrons. The molecule has 0 saturated carbocycles. The van der Waals surface area contributed by atoms with Gasteiger partial charge in [0.25, 0.3) is 6.01 Å². The Morgan fingerprint density at radius 2 is 2.16 bits per heavy atom. The van der Waals surface area contributed by atoms with Crippen molar-refractivity contribution >= 4 is 6.01 Å². The molecule has 0 atom stereocenters. The van der Waals surface area contributed by atoms with Gasteiger partial charge in [-0.25, -0.2) is 0 Å². The average molecular weight is 266 g/mol. The van der Waals surface area contributed by atoms with E-state index in [2.05, 4.69) is 41.0 Å². The van der Waals surface area contributed by atoms with Crippen molar-refractivity contribution in [3.05, 3.63) is 12.0 Å². The van der Waals surface area contributed by atoms with Crippen LogP contribution in [-0.2, 0) is 6.54 Å². The van der Waals surface area contributed by atoms with Crippen molar-refractivity contribution in [1.82, 2.24) is 15.2 Å². The third kappa shape index (κ3) is 4.51. The Morgan fingerprint density at radius 3 is 2.95 bits per heavy atom. The molecule has 1 aromatic heterocycles. The summed E-state index contributed by atoms with van der Waals surface area (Å²) in [5.74, 6) is 0.660. The molecule has 0 amide bonds. The van der Waals surface area contributed by atoms with Crippen molar-refractivity contribution in [1.29, 1.82) is 0 Å². The summed E-state index contributed by atoms with van der Waals surface area (Å²) >= 11 is 0. The van der Waals surface area contributed by atoms with E-state index in [9.17, 15) is 0 Å². The van der Waals surface area contributed by atoms with Crippen LogP contribution in [0.25, 0.3) is 0 Å². The minimum atomic E-state index is 0.660. The number of hydrogen-bond acceptors (Lipinski definition) is 5. The summed E-state index contributed by atoms with van der Waals surface area (Å²) < 4.78 is 5.61. The van der Waals surface area contributed by atoms with E-state index in [4.69, 9.17) is 4.42 Å². The smallest absolute Gasteiger partial charge is 0.297 e. The van der Waals surface area contributed by atoms with Crippen LogP contribution in [0.3, 0.4) is 0 Å². The lowest BCUT2D eigenvalue weighted by Gasteiger charge is -2.17. The molecule has 0 aliphatic carbocycles. The van der Waals surface area contributed by atoms with E-state index in [1.807, 2.05) is 0 Å². The molecular weight excluding hydrogens is 240 g/mol. The van der Waals surface area contributed by atoms with Gasteiger partial charge in [0.1, 0.15) is 6.26 Å². The van der Waals surface area contributed by atoms with E-state index in [1.165, 1.54) is 6.42 Å². The van der Waals surface area contributed by atoms with Crippen LogP contribution in [0.4, 0.5) is 6.01 Å². The van der Waals surface area contributed by atoms with Crippen LogP contribution in [0.1, 0.15) is 26.0 Å². The molecule has 2 rings (SSSR count). The lowest BCUT2D eigenvalue weighted by molar-refractivity contribution is 0.359. The van der Waals surface area contributed by atoms with Gasteiger partial charge < -0.3 is 19.5 Å². The molecule has 5 nitrogen and oxygen atoms in total. The normalized spacial score (nSPS) is 18.0. The maximum atomic E-state index is 5.61. The molecule has 5 heteroatoms. The maximum absolute atomic E-state index is 5.61. The van der Waals surface area contributed by atoms with Gasteiger partial charge in [0.05, 0.1) is 5.69 Å². The predicted molar refractivity (Wildman–Crippen MR) is 77.4 cm³/mol. The average Bonchev–Trinajstić information content (AvgIpc) is 2.71. The molecule has 0 spiro atoms. The van der Waals surface area contributed by atoms with Crippen molar-refractivity contribution in [2.75, 3.05) is 44.7 Å². The molecule has 1 saturated heterocycles. The lowest BCUT2D eigenvalue weighted by atomic mass is 10.2. The van der Waals surface area contributed by atoms with Crippen LogP contribution in [0.5, 0.6) is 0 Å². The Balaban J connectivity index is 1.85. The highest BCUT2D eigenvalue weighted by Crippen LogP contribution is 2.15. The second kappa shape index (κ2) is 6.91. The van der Waals surface area contributed by atoms with Crippen LogP contribution < -0.4 is 10.2 Å². The number of nitrogens with one attached hydrogen (secondary N) is 1. The van der Waals surface area contributed by atoms with Gasteiger partial charge in [-0.1, -0.05) is 13.8 Å². The fourth-order valence-electron chi connectivity index (χ4n) is 2.25. The summed E-state index contributed by atoms with van der Waals surface area (Å²) in [6.45, 7) is 10.5. The van der Waals surface area contributed by atoms with Gasteiger partial charge in [0, 0.05) is 26.2 Å². The Kier molecular flexibility index (Phi) is 5.22. The third-order valence-electron chi connectivity index (χ3n) is 3.39. The van der Waals surface area contributed by atoms with E-state index in [0.717, 1.165) is 51.0 Å². The van der Waals surface area contributed by atoms with Crippen LogP contribution in [0.2, 0.25) is 0 Å². The summed E-state index contributed by atoms with van der Waals surface area (Å²) in [6.07, 6.45) is 2.94. The largest absolute Gasteiger partial charge is 0.432 e. The summed E-state index contributed by atoms with van der Waals surface area (Å²) in [6, 6.07) is 0.775. The van der Waals surface area contributed by atoms with Crippen LogP contribution in [0, 0.1) is 5.92 Å². The molecule has 1 N–H and O–H groups in total. The van der Waals surface area contributed by atoms with Gasteiger partial charge in [-0.3, -0.25) is 0 Å². The van der Waals surface area contributed by atoms with Crippen molar-refractivity contribution in [3.63, 3.8) is 0 Å². The first-order chi connectivity index (χ1) is 9.15. The van der Waals surface area contributed by atoms with Gasteiger partial charge in [-0.05, 0) is 32.5 Å². The molecule has 0 aromatic carbocycles. The zero-order valence-corrected chi connectivity index (χ0v) is 12.4. The number of nitrogens with zero attached hydrogens (tertiary/aromatic N) is 3. The molecule has 108 valence electrons. The van der Waals surface area contributed by atoms with Crippen LogP contribution in [-0.4, -0.2) is 49.7 Å². The van der Waals surface area contributed by atoms with Crippen molar-refractivity contribution < 1.29 is 4.42 Å². The quantitative estimate of drug-likeness (QED) is 0.876. The van der Waals surface area contributed by atoms with Gasteiger partial charge in [0.15, 0.2) is 0 Å². The summed E-state index contributed by atoms with van der Waals surface area (Å²) in [5, 5.41) is 3.39. The van der Waals surface area contributed by atoms with E-state index in [0.29, 0.717) is 5.92 Å². The fraction of sp³-hybridized carbons (Fsp3) is 0.786. The SMILES string of the molecule is CC(C)CNCc1coc(N2CCCN(C)CC2)n1. The number of oxazole rings is 1. The van der Waals surface area contributed by atoms with E-state index < -0.39 is 0 Å². The van der Waals surface area contributed by atoms with E-state index in [1.54, 1.807) is 6.26 Å². The summed E-state index contributed by atoms with van der Waals surface area (Å²) in [7, 11) is 2.17. The molecule has 1 aliphatic heterocycles. The highest BCUT2D eigenvalue weighted by Gasteiger charge is 2.16. The fourth-order valence-corrected chi connectivity index (χ4v) is 2.25. The zero-order valence-electron chi connectivity index (χ0n) is 12.4. The van der Waals surface area contributed by atoms with Crippen molar-refractivity contribution in [2.45, 2.75) is 26.8 Å². The van der Waals surface area contributed by atoms with Crippen molar-refractivity contribution in [2.24, 2.45) is 5.92 Å².